The highest BCUT2D eigenvalue weighted by Crippen LogP contribution is 2.33. The van der Waals surface area contributed by atoms with Crippen LogP contribution in [-0.4, -0.2) is 44.3 Å². The van der Waals surface area contributed by atoms with Crippen LogP contribution < -0.4 is 5.32 Å². The average molecular weight is 283 g/mol. The van der Waals surface area contributed by atoms with Crippen LogP contribution >= 0.6 is 0 Å². The Morgan fingerprint density at radius 3 is 2.65 bits per heavy atom. The summed E-state index contributed by atoms with van der Waals surface area (Å²) < 4.78 is 17.5. The minimum atomic E-state index is -0.334. The van der Waals surface area contributed by atoms with Crippen LogP contribution in [0.5, 0.6) is 0 Å². The van der Waals surface area contributed by atoms with Crippen molar-refractivity contribution in [1.82, 2.24) is 5.32 Å². The van der Waals surface area contributed by atoms with Crippen LogP contribution in [0, 0.1) is 11.8 Å². The molecule has 3 fully saturated rings. The van der Waals surface area contributed by atoms with Gasteiger partial charge < -0.3 is 19.5 Å². The third-order valence-corrected chi connectivity index (χ3v) is 5.40. The summed E-state index contributed by atoms with van der Waals surface area (Å²) >= 11 is 0. The van der Waals surface area contributed by atoms with Gasteiger partial charge in [-0.15, -0.1) is 0 Å². The number of hydrogen-bond donors (Lipinski definition) is 1. The lowest BCUT2D eigenvalue weighted by Gasteiger charge is -2.34. The van der Waals surface area contributed by atoms with E-state index in [9.17, 15) is 0 Å². The van der Waals surface area contributed by atoms with Crippen LogP contribution in [-0.2, 0) is 14.2 Å². The predicted octanol–water partition coefficient (Wildman–Crippen LogP) is 2.32. The fraction of sp³-hybridized carbons (Fsp3) is 1.00. The van der Waals surface area contributed by atoms with Gasteiger partial charge in [0, 0.05) is 25.4 Å². The highest BCUT2D eigenvalue weighted by molar-refractivity contribution is 4.85. The van der Waals surface area contributed by atoms with Crippen LogP contribution in [0.3, 0.4) is 0 Å². The summed E-state index contributed by atoms with van der Waals surface area (Å²) in [6.07, 6.45) is 5.92. The second-order valence-corrected chi connectivity index (χ2v) is 6.95. The number of rotatable bonds is 3. The van der Waals surface area contributed by atoms with Crippen molar-refractivity contribution >= 4 is 0 Å². The van der Waals surface area contributed by atoms with Crippen molar-refractivity contribution in [1.29, 1.82) is 0 Å². The van der Waals surface area contributed by atoms with E-state index < -0.39 is 0 Å². The van der Waals surface area contributed by atoms with Crippen molar-refractivity contribution in [2.75, 3.05) is 26.4 Å². The summed E-state index contributed by atoms with van der Waals surface area (Å²) in [7, 11) is 0. The fourth-order valence-corrected chi connectivity index (χ4v) is 3.69. The number of ether oxygens (including phenoxy) is 3. The predicted molar refractivity (Wildman–Crippen MR) is 77.6 cm³/mol. The molecule has 2 saturated heterocycles. The smallest absolute Gasteiger partial charge is 0.173 e. The SMILES string of the molecule is C[C@@H]1CC[C@H](NC[C@@H]2COC3(CCOCC3)O2)C[C@@H]1C. The maximum atomic E-state index is 6.16. The molecule has 1 N–H and O–H groups in total. The number of hydrogen-bond acceptors (Lipinski definition) is 4. The molecule has 1 aliphatic carbocycles. The van der Waals surface area contributed by atoms with E-state index >= 15 is 0 Å². The van der Waals surface area contributed by atoms with E-state index in [4.69, 9.17) is 14.2 Å². The normalized spacial score (nSPS) is 41.1. The van der Waals surface area contributed by atoms with E-state index in [0.29, 0.717) is 6.04 Å². The summed E-state index contributed by atoms with van der Waals surface area (Å²) in [6, 6.07) is 0.663. The average Bonchev–Trinajstić information content (AvgIpc) is 2.84. The maximum absolute atomic E-state index is 6.16. The molecule has 2 heterocycles. The molecule has 0 radical (unpaired) electrons. The van der Waals surface area contributed by atoms with Crippen molar-refractivity contribution in [2.45, 2.75) is 63.9 Å². The summed E-state index contributed by atoms with van der Waals surface area (Å²) in [5.74, 6) is 1.38. The van der Waals surface area contributed by atoms with Gasteiger partial charge in [0.05, 0.1) is 25.9 Å². The van der Waals surface area contributed by atoms with Gasteiger partial charge in [0.1, 0.15) is 0 Å². The minimum absolute atomic E-state index is 0.211. The molecule has 0 aromatic rings. The zero-order chi connectivity index (χ0) is 14.0. The van der Waals surface area contributed by atoms with E-state index in [2.05, 4.69) is 19.2 Å². The molecular weight excluding hydrogens is 254 g/mol. The summed E-state index contributed by atoms with van der Waals surface area (Å²) in [4.78, 5) is 0. The van der Waals surface area contributed by atoms with Gasteiger partial charge in [-0.25, -0.2) is 0 Å². The van der Waals surface area contributed by atoms with Crippen LogP contribution in [0.2, 0.25) is 0 Å². The molecule has 0 amide bonds. The van der Waals surface area contributed by atoms with E-state index in [1.165, 1.54) is 19.3 Å². The van der Waals surface area contributed by atoms with E-state index in [1.54, 1.807) is 0 Å². The molecule has 4 atom stereocenters. The molecule has 0 aromatic carbocycles. The molecule has 0 aromatic heterocycles. The molecule has 0 unspecified atom stereocenters. The Labute approximate surface area is 122 Å². The third kappa shape index (κ3) is 3.35. The first-order valence-corrected chi connectivity index (χ1v) is 8.30. The lowest BCUT2D eigenvalue weighted by Crippen LogP contribution is -2.42. The Balaban J connectivity index is 1.41. The Morgan fingerprint density at radius 2 is 1.90 bits per heavy atom. The van der Waals surface area contributed by atoms with Crippen molar-refractivity contribution < 1.29 is 14.2 Å². The van der Waals surface area contributed by atoms with Gasteiger partial charge in [-0.3, -0.25) is 0 Å². The first kappa shape index (κ1) is 14.8. The molecule has 0 bridgehead atoms. The van der Waals surface area contributed by atoms with E-state index in [1.807, 2.05) is 0 Å². The Morgan fingerprint density at radius 1 is 1.10 bits per heavy atom. The Kier molecular flexibility index (Phi) is 4.65. The monoisotopic (exact) mass is 283 g/mol. The van der Waals surface area contributed by atoms with Crippen molar-refractivity contribution in [3.05, 3.63) is 0 Å². The zero-order valence-corrected chi connectivity index (χ0v) is 12.9. The highest BCUT2D eigenvalue weighted by atomic mass is 16.7. The van der Waals surface area contributed by atoms with E-state index in [-0.39, 0.29) is 11.9 Å². The lowest BCUT2D eigenvalue weighted by atomic mass is 9.79. The summed E-state index contributed by atoms with van der Waals surface area (Å²) in [6.45, 7) is 7.94. The van der Waals surface area contributed by atoms with Gasteiger partial charge in [0.15, 0.2) is 5.79 Å². The van der Waals surface area contributed by atoms with Gasteiger partial charge in [-0.1, -0.05) is 13.8 Å². The van der Waals surface area contributed by atoms with Gasteiger partial charge >= 0.3 is 0 Å². The molecule has 20 heavy (non-hydrogen) atoms. The zero-order valence-electron chi connectivity index (χ0n) is 12.9. The summed E-state index contributed by atoms with van der Waals surface area (Å²) in [5, 5.41) is 3.70. The molecule has 2 aliphatic heterocycles. The molecule has 116 valence electrons. The summed E-state index contributed by atoms with van der Waals surface area (Å²) in [5.41, 5.74) is 0. The Bertz CT molecular complexity index is 317. The molecule has 1 saturated carbocycles. The van der Waals surface area contributed by atoms with Crippen LogP contribution in [0.1, 0.15) is 46.0 Å². The molecule has 3 aliphatic rings. The third-order valence-electron chi connectivity index (χ3n) is 5.40. The largest absolute Gasteiger partial charge is 0.381 e. The maximum Gasteiger partial charge on any atom is 0.173 e. The molecule has 1 spiro atoms. The fourth-order valence-electron chi connectivity index (χ4n) is 3.69. The minimum Gasteiger partial charge on any atom is -0.381 e. The first-order valence-electron chi connectivity index (χ1n) is 8.30. The lowest BCUT2D eigenvalue weighted by molar-refractivity contribution is -0.210. The van der Waals surface area contributed by atoms with Crippen molar-refractivity contribution in [3.63, 3.8) is 0 Å². The van der Waals surface area contributed by atoms with Gasteiger partial charge in [0.25, 0.3) is 0 Å². The highest BCUT2D eigenvalue weighted by Gasteiger charge is 2.42. The second kappa shape index (κ2) is 6.30. The number of nitrogens with one attached hydrogen (secondary N) is 1. The molecule has 4 nitrogen and oxygen atoms in total. The van der Waals surface area contributed by atoms with Crippen LogP contribution in [0.4, 0.5) is 0 Å². The van der Waals surface area contributed by atoms with Crippen molar-refractivity contribution in [2.24, 2.45) is 11.8 Å². The Hall–Kier alpha value is -0.160. The quantitative estimate of drug-likeness (QED) is 0.863. The van der Waals surface area contributed by atoms with Gasteiger partial charge in [-0.05, 0) is 31.1 Å². The van der Waals surface area contributed by atoms with Crippen molar-refractivity contribution in [3.8, 4) is 0 Å². The van der Waals surface area contributed by atoms with Crippen LogP contribution in [0.25, 0.3) is 0 Å². The standard InChI is InChI=1S/C16H29NO3/c1-12-3-4-14(9-13(12)2)17-10-15-11-19-16(20-15)5-7-18-8-6-16/h12-15,17H,3-11H2,1-2H3/t12-,13+,14+,15-/m1/s1. The molecule has 3 rings (SSSR count). The molecular formula is C16H29NO3. The topological polar surface area (TPSA) is 39.7 Å². The van der Waals surface area contributed by atoms with E-state index in [0.717, 1.165) is 51.0 Å². The first-order chi connectivity index (χ1) is 9.67. The van der Waals surface area contributed by atoms with Gasteiger partial charge in [0.2, 0.25) is 0 Å². The second-order valence-electron chi connectivity index (χ2n) is 6.95. The van der Waals surface area contributed by atoms with Gasteiger partial charge in [-0.2, -0.15) is 0 Å². The molecule has 4 heteroatoms. The van der Waals surface area contributed by atoms with Crippen LogP contribution in [0.15, 0.2) is 0 Å².